The Morgan fingerprint density at radius 1 is 0.442 bits per heavy atom. The Kier molecular flexibility index (Phi) is 6.26. The predicted octanol–water partition coefficient (Wildman–Crippen LogP) is 12.8. The molecule has 0 radical (unpaired) electrons. The molecule has 6 aromatic carbocycles. The second-order valence-electron chi connectivity index (χ2n) is 13.6. The van der Waals surface area contributed by atoms with Crippen LogP contribution in [0.3, 0.4) is 0 Å². The molecule has 52 heavy (non-hydrogen) atoms. The van der Waals surface area contributed by atoms with Gasteiger partial charge in [-0.1, -0.05) is 140 Å². The molecule has 0 aliphatic rings. The molecule has 0 N–H and O–H groups in total. The highest BCUT2D eigenvalue weighted by atomic mass is 32.1. The molecule has 3 aromatic heterocycles. The topological polar surface area (TPSA) is 38.7 Å². The summed E-state index contributed by atoms with van der Waals surface area (Å²) in [5.41, 5.74) is 7.12. The summed E-state index contributed by atoms with van der Waals surface area (Å²) in [5, 5.41) is 2.15. The molecule has 6 heteroatoms. The van der Waals surface area contributed by atoms with Crippen LogP contribution < -0.4 is 5.19 Å². The summed E-state index contributed by atoms with van der Waals surface area (Å²) in [6, 6.07) is 35.3. The maximum Gasteiger partial charge on any atom is 0.174 e. The molecule has 3 heterocycles. The van der Waals surface area contributed by atoms with Crippen molar-refractivity contribution in [1.29, 1.82) is 0 Å². The van der Waals surface area contributed by atoms with Gasteiger partial charge in [0.1, 0.15) is 0 Å². The number of hydrogen-bond acceptors (Lipinski definition) is 5. The van der Waals surface area contributed by atoms with Gasteiger partial charge >= 0.3 is 0 Å². The summed E-state index contributed by atoms with van der Waals surface area (Å²) in [6.45, 7) is 7.06. The molecule has 0 spiro atoms. The minimum Gasteiger partial charge on any atom is -0.207 e. The number of hydrogen-bond donors (Lipinski definition) is 0. The quantitative estimate of drug-likeness (QED) is 0.153. The van der Waals surface area contributed by atoms with Crippen LogP contribution in [-0.2, 0) is 0 Å². The van der Waals surface area contributed by atoms with Crippen LogP contribution in [0.1, 0.15) is 11.0 Å². The predicted molar refractivity (Wildman–Crippen MR) is 226 cm³/mol. The molecule has 0 aliphatic heterocycles. The average Bonchev–Trinajstić information content (AvgIpc) is 3.93. The van der Waals surface area contributed by atoms with Gasteiger partial charge < -0.3 is 0 Å². The SMILES string of the molecule is [2H]c1c([2H])c([2H])c2sc(-c3nc(-c4cccc(-c5cccc(-c6cccc(-c7ccc([Si](C)(C)C)cc7)c6)c5)c4)nc(-c4cc5c([2H])c([2H])c([2H])c([2H])c5s4)n3)cc2c1[2H]. The lowest BCUT2D eigenvalue weighted by Crippen LogP contribution is -2.37. The third-order valence-electron chi connectivity index (χ3n) is 9.01. The normalized spacial score (nSPS) is 13.9. The van der Waals surface area contributed by atoms with E-state index < -0.39 is 8.07 Å². The van der Waals surface area contributed by atoms with E-state index in [4.69, 9.17) is 25.9 Å². The zero-order valence-electron chi connectivity index (χ0n) is 36.6. The third kappa shape index (κ3) is 6.41. The van der Waals surface area contributed by atoms with E-state index in [0.717, 1.165) is 27.8 Å². The molecule has 0 saturated carbocycles. The third-order valence-corrected chi connectivity index (χ3v) is 13.2. The van der Waals surface area contributed by atoms with Crippen LogP contribution in [0.25, 0.3) is 86.3 Å². The van der Waals surface area contributed by atoms with Crippen molar-refractivity contribution in [2.24, 2.45) is 0 Å². The molecule has 0 unspecified atom stereocenters. The number of benzene rings is 6. The molecule has 0 bridgehead atoms. The van der Waals surface area contributed by atoms with Crippen LogP contribution in [0.4, 0.5) is 0 Å². The zero-order valence-corrected chi connectivity index (χ0v) is 31.2. The van der Waals surface area contributed by atoms with Crippen molar-refractivity contribution >= 4 is 56.1 Å². The maximum atomic E-state index is 8.55. The molecule has 9 rings (SSSR count). The van der Waals surface area contributed by atoms with Gasteiger partial charge in [-0.2, -0.15) is 0 Å². The van der Waals surface area contributed by atoms with E-state index in [1.54, 1.807) is 12.1 Å². The largest absolute Gasteiger partial charge is 0.207 e. The maximum absolute atomic E-state index is 8.55. The molecular formula is C46H35N3S2Si. The zero-order chi connectivity index (χ0) is 42.2. The second kappa shape index (κ2) is 13.2. The molecule has 0 atom stereocenters. The van der Waals surface area contributed by atoms with Crippen molar-refractivity contribution in [3.8, 4) is 66.2 Å². The van der Waals surface area contributed by atoms with Crippen molar-refractivity contribution in [1.82, 2.24) is 15.0 Å². The van der Waals surface area contributed by atoms with Crippen molar-refractivity contribution in [2.45, 2.75) is 19.6 Å². The fraction of sp³-hybridized carbons (Fsp3) is 0.0652. The lowest BCUT2D eigenvalue weighted by atomic mass is 9.95. The first-order chi connectivity index (χ1) is 28.7. The lowest BCUT2D eigenvalue weighted by molar-refractivity contribution is 1.08. The first kappa shape index (κ1) is 24.6. The fourth-order valence-corrected chi connectivity index (χ4v) is 9.20. The van der Waals surface area contributed by atoms with E-state index in [9.17, 15) is 0 Å². The Bertz CT molecular complexity index is 2990. The van der Waals surface area contributed by atoms with E-state index >= 15 is 0 Å². The van der Waals surface area contributed by atoms with Crippen LogP contribution in [0.2, 0.25) is 19.6 Å². The first-order valence-corrected chi connectivity index (χ1v) is 22.0. The summed E-state index contributed by atoms with van der Waals surface area (Å²) in [5.74, 6) is 0.856. The van der Waals surface area contributed by atoms with E-state index in [1.165, 1.54) is 33.4 Å². The second-order valence-corrected chi connectivity index (χ2v) is 20.8. The van der Waals surface area contributed by atoms with Gasteiger partial charge in [0, 0.05) is 15.0 Å². The van der Waals surface area contributed by atoms with Crippen LogP contribution >= 0.6 is 22.7 Å². The minimum absolute atomic E-state index is 0.137. The van der Waals surface area contributed by atoms with Gasteiger partial charge in [-0.25, -0.2) is 15.0 Å². The average molecular weight is 730 g/mol. The van der Waals surface area contributed by atoms with Gasteiger partial charge in [-0.15, -0.1) is 22.7 Å². The standard InChI is InChI=1S/C46H35N3S2Si/c1-52(2,3)39-23-21-30(22-24-39)31-13-8-14-32(25-31)33-15-9-16-34(26-33)35-17-10-18-38(27-35)44-47-45(42-28-36-11-4-6-19-40(36)50-42)49-46(48-44)43-29-37-12-5-7-20-41(37)51-43/h4-29H,1-3H3/i4D,5D,6D,7D,11D,12D,19D,20D. The molecule has 9 aromatic rings. The van der Waals surface area contributed by atoms with Crippen LogP contribution in [0.15, 0.2) is 158 Å². The van der Waals surface area contributed by atoms with Crippen LogP contribution in [-0.4, -0.2) is 23.0 Å². The Hall–Kier alpha value is -5.53. The molecular weight excluding hydrogens is 687 g/mol. The summed E-state index contributed by atoms with van der Waals surface area (Å²) in [6.07, 6.45) is 0. The van der Waals surface area contributed by atoms with E-state index in [-0.39, 0.29) is 60.0 Å². The summed E-state index contributed by atoms with van der Waals surface area (Å²) in [4.78, 5) is 15.7. The molecule has 0 fully saturated rings. The van der Waals surface area contributed by atoms with Gasteiger partial charge in [0.2, 0.25) is 0 Å². The van der Waals surface area contributed by atoms with Gasteiger partial charge in [0.05, 0.1) is 28.8 Å². The monoisotopic (exact) mass is 729 g/mol. The van der Waals surface area contributed by atoms with Crippen LogP contribution in [0.5, 0.6) is 0 Å². The van der Waals surface area contributed by atoms with Crippen molar-refractivity contribution in [2.75, 3.05) is 0 Å². The minimum atomic E-state index is -1.41. The molecule has 0 amide bonds. The van der Waals surface area contributed by atoms with Crippen molar-refractivity contribution in [3.05, 3.63) is 158 Å². The summed E-state index contributed by atoms with van der Waals surface area (Å²) in [7, 11) is -1.41. The van der Waals surface area contributed by atoms with Crippen molar-refractivity contribution in [3.63, 3.8) is 0 Å². The molecule has 0 saturated heterocycles. The van der Waals surface area contributed by atoms with E-state index in [2.05, 4.69) is 86.4 Å². The molecule has 3 nitrogen and oxygen atoms in total. The van der Waals surface area contributed by atoms with E-state index in [0.29, 0.717) is 41.3 Å². The van der Waals surface area contributed by atoms with Gasteiger partial charge in [-0.05, 0) is 86.6 Å². The fourth-order valence-electron chi connectivity index (χ4n) is 6.23. The highest BCUT2D eigenvalue weighted by molar-refractivity contribution is 7.22. The number of fused-ring (bicyclic) bond motifs is 2. The Labute approximate surface area is 324 Å². The highest BCUT2D eigenvalue weighted by Crippen LogP contribution is 2.37. The first-order valence-electron chi connectivity index (χ1n) is 20.8. The van der Waals surface area contributed by atoms with Gasteiger partial charge in [0.25, 0.3) is 0 Å². The summed E-state index contributed by atoms with van der Waals surface area (Å²) < 4.78 is 67.9. The van der Waals surface area contributed by atoms with Crippen molar-refractivity contribution < 1.29 is 11.0 Å². The number of thiophene rings is 2. The number of nitrogens with zero attached hydrogens (tertiary/aromatic N) is 3. The molecule has 0 aliphatic carbocycles. The number of aromatic nitrogens is 3. The highest BCUT2D eigenvalue weighted by Gasteiger charge is 2.18. The Morgan fingerprint density at radius 2 is 0.846 bits per heavy atom. The Morgan fingerprint density at radius 3 is 1.33 bits per heavy atom. The van der Waals surface area contributed by atoms with Crippen LogP contribution in [0, 0.1) is 0 Å². The summed E-state index contributed by atoms with van der Waals surface area (Å²) >= 11 is 2.34. The van der Waals surface area contributed by atoms with E-state index in [1.807, 2.05) is 30.3 Å². The number of rotatable bonds is 7. The smallest absolute Gasteiger partial charge is 0.174 e. The molecule has 250 valence electrons. The van der Waals surface area contributed by atoms with Gasteiger partial charge in [0.15, 0.2) is 17.5 Å². The lowest BCUT2D eigenvalue weighted by Gasteiger charge is -2.17. The van der Waals surface area contributed by atoms with Gasteiger partial charge in [-0.3, -0.25) is 0 Å². The Balaban J connectivity index is 1.14.